The Morgan fingerprint density at radius 3 is 1.42 bits per heavy atom. The number of non-ortho nitro benzene ring substituents is 1. The quantitative estimate of drug-likeness (QED) is 0.0274. The molecule has 9 heterocycles. The van der Waals surface area contributed by atoms with Crippen molar-refractivity contribution in [2.75, 3.05) is 31.7 Å². The third-order valence-corrected chi connectivity index (χ3v) is 16.9. The van der Waals surface area contributed by atoms with Crippen LogP contribution in [0, 0.1) is 22.9 Å². The van der Waals surface area contributed by atoms with Gasteiger partial charge in [0.15, 0.2) is 45.4 Å². The van der Waals surface area contributed by atoms with Crippen LogP contribution in [-0.2, 0) is 49.4 Å². The van der Waals surface area contributed by atoms with E-state index in [1.807, 2.05) is 116 Å². The normalized spacial score (nSPS) is 11.1. The molecule has 12 aromatic rings. The Morgan fingerprint density at radius 2 is 0.990 bits per heavy atom. The molecule has 27 nitrogen and oxygen atoms in total. The number of benzene rings is 3. The van der Waals surface area contributed by atoms with Crippen LogP contribution in [0.1, 0.15) is 146 Å². The fourth-order valence-corrected chi connectivity index (χ4v) is 11.7. The summed E-state index contributed by atoms with van der Waals surface area (Å²) in [6.45, 7) is 23.3. The smallest absolute Gasteiger partial charge is 0.412 e. The molecule has 0 spiro atoms. The van der Waals surface area contributed by atoms with Crippen LogP contribution in [0.3, 0.4) is 0 Å². The molecule has 3 aromatic carbocycles. The first-order valence-corrected chi connectivity index (χ1v) is 35.6. The molecule has 1 N–H and O–H groups in total. The highest BCUT2D eigenvalue weighted by Gasteiger charge is 2.25. The molecule has 0 unspecified atom stereocenters. The third-order valence-electron chi connectivity index (χ3n) is 15.3. The van der Waals surface area contributed by atoms with Gasteiger partial charge in [-0.05, 0) is 169 Å². The Bertz CT molecular complexity index is 5270. The van der Waals surface area contributed by atoms with E-state index in [0.29, 0.717) is 83.8 Å². The molecular formula is C73H72Br2Cl2FN15O12. The zero-order valence-electron chi connectivity index (χ0n) is 59.2. The average Bonchev–Trinajstić information content (AvgIpc) is 1.65. The molecule has 9 aromatic heterocycles. The lowest BCUT2D eigenvalue weighted by Gasteiger charge is -2.19. The lowest BCUT2D eigenvalue weighted by molar-refractivity contribution is -0.385. The van der Waals surface area contributed by atoms with Crippen molar-refractivity contribution in [1.29, 1.82) is 0 Å². The third kappa shape index (κ3) is 18.8. The van der Waals surface area contributed by atoms with Gasteiger partial charge in [-0.1, -0.05) is 79.0 Å². The van der Waals surface area contributed by atoms with Crippen molar-refractivity contribution < 1.29 is 57.0 Å². The second kappa shape index (κ2) is 34.7. The van der Waals surface area contributed by atoms with Gasteiger partial charge in [-0.2, -0.15) is 20.4 Å². The van der Waals surface area contributed by atoms with E-state index in [1.54, 1.807) is 71.7 Å². The number of anilines is 1. The van der Waals surface area contributed by atoms with Gasteiger partial charge in [0, 0.05) is 85.7 Å². The molecule has 0 aliphatic carbocycles. The van der Waals surface area contributed by atoms with Crippen LogP contribution in [0.5, 0.6) is 0 Å². The van der Waals surface area contributed by atoms with Crippen molar-refractivity contribution >= 4 is 119 Å². The number of carbonyl (C=O) groups is 5. The molecule has 546 valence electrons. The van der Waals surface area contributed by atoms with Crippen LogP contribution in [0.25, 0.3) is 67.6 Å². The Morgan fingerprint density at radius 1 is 0.543 bits per heavy atom. The van der Waals surface area contributed by atoms with Crippen molar-refractivity contribution in [2.24, 2.45) is 0 Å². The monoisotopic (exact) mass is 1600 g/mol. The molecule has 0 saturated carbocycles. The van der Waals surface area contributed by atoms with Gasteiger partial charge in [0.1, 0.15) is 26.7 Å². The Balaban J connectivity index is 0.000000163. The summed E-state index contributed by atoms with van der Waals surface area (Å²) in [7, 11) is 0. The summed E-state index contributed by atoms with van der Waals surface area (Å²) < 4.78 is 48.1. The number of rotatable bonds is 18. The van der Waals surface area contributed by atoms with Crippen molar-refractivity contribution in [3.8, 4) is 45.0 Å². The SMILES string of the molecule is CCOC(=O)c1cc(CC)n2nc(-c3ccc(Br)cc3Cl)cc2n1.CCOC(=O)c1cc(CC)n2nc(-c3ccc(Br)nc3)cc2n1.CCOC(=O)c1cc(CC)n2nc(-c3ccc(NC(=O)OC(C)(C)C)cc3C)cc2n1.CCOC(=O)c1cc(CC)n2nc(-c3ccc([N+](=O)[O-])cc3F)c(Cl)c2n1. The fraction of sp³-hybridized carbons (Fsp3) is 0.288. The van der Waals surface area contributed by atoms with Crippen LogP contribution >= 0.6 is 55.1 Å². The summed E-state index contributed by atoms with van der Waals surface area (Å²) >= 11 is 19.4. The number of aromatic nitrogens is 13. The Labute approximate surface area is 628 Å². The minimum atomic E-state index is -0.835. The summed E-state index contributed by atoms with van der Waals surface area (Å²) in [4.78, 5) is 91.7. The molecule has 0 radical (unpaired) electrons. The van der Waals surface area contributed by atoms with Crippen LogP contribution < -0.4 is 5.32 Å². The first-order valence-electron chi connectivity index (χ1n) is 33.2. The number of hydrogen-bond acceptors (Lipinski definition) is 21. The van der Waals surface area contributed by atoms with Gasteiger partial charge >= 0.3 is 30.0 Å². The molecule has 32 heteroatoms. The van der Waals surface area contributed by atoms with Crippen LogP contribution in [-0.4, -0.2) is 130 Å². The molecule has 0 atom stereocenters. The van der Waals surface area contributed by atoms with Crippen LogP contribution in [0.15, 0.2) is 124 Å². The maximum absolute atomic E-state index is 14.4. The van der Waals surface area contributed by atoms with Crippen molar-refractivity contribution in [1.82, 2.24) is 63.4 Å². The van der Waals surface area contributed by atoms with Crippen LogP contribution in [0.4, 0.5) is 20.6 Å². The van der Waals surface area contributed by atoms with E-state index in [9.17, 15) is 38.5 Å². The lowest BCUT2D eigenvalue weighted by atomic mass is 10.1. The second-order valence-electron chi connectivity index (χ2n) is 23.7. The van der Waals surface area contributed by atoms with Crippen molar-refractivity contribution in [3.05, 3.63) is 202 Å². The molecule has 0 aliphatic rings. The highest BCUT2D eigenvalue weighted by molar-refractivity contribution is 9.10. The molecule has 0 saturated heterocycles. The Kier molecular flexibility index (Phi) is 25.9. The fourth-order valence-electron chi connectivity index (χ4n) is 10.5. The number of hydrogen-bond donors (Lipinski definition) is 1. The van der Waals surface area contributed by atoms with E-state index < -0.39 is 46.3 Å². The van der Waals surface area contributed by atoms with Gasteiger partial charge in [-0.3, -0.25) is 15.4 Å². The number of ether oxygens (including phenoxy) is 5. The van der Waals surface area contributed by atoms with E-state index >= 15 is 0 Å². The molecular weight excluding hydrogens is 1530 g/mol. The van der Waals surface area contributed by atoms with Crippen LogP contribution in [0.2, 0.25) is 10.0 Å². The van der Waals surface area contributed by atoms with Gasteiger partial charge < -0.3 is 23.7 Å². The maximum Gasteiger partial charge on any atom is 0.412 e. The molecule has 1 amide bonds. The number of aryl methyl sites for hydroxylation is 5. The van der Waals surface area contributed by atoms with Gasteiger partial charge in [-0.15, -0.1) is 0 Å². The summed E-state index contributed by atoms with van der Waals surface area (Å²) in [5, 5.41) is 32.3. The highest BCUT2D eigenvalue weighted by atomic mass is 79.9. The zero-order valence-corrected chi connectivity index (χ0v) is 63.9. The molecule has 0 bridgehead atoms. The number of carbonyl (C=O) groups excluding carboxylic acids is 5. The number of nitrogens with one attached hydrogen (secondary N) is 1. The number of halogens is 5. The number of pyridine rings is 1. The van der Waals surface area contributed by atoms with Gasteiger partial charge in [-0.25, -0.2) is 71.3 Å². The maximum atomic E-state index is 14.4. The first kappa shape index (κ1) is 78.4. The molecule has 12 rings (SSSR count). The van der Waals surface area contributed by atoms with E-state index in [-0.39, 0.29) is 51.3 Å². The number of nitro groups is 1. The van der Waals surface area contributed by atoms with E-state index in [0.717, 1.165) is 78.4 Å². The second-order valence-corrected chi connectivity index (χ2v) is 26.2. The van der Waals surface area contributed by atoms with Gasteiger partial charge in [0.05, 0.1) is 59.5 Å². The van der Waals surface area contributed by atoms with E-state index in [1.165, 1.54) is 16.6 Å². The number of amides is 1. The van der Waals surface area contributed by atoms with Gasteiger partial charge in [0.2, 0.25) is 0 Å². The first-order chi connectivity index (χ1) is 50.1. The van der Waals surface area contributed by atoms with Crippen molar-refractivity contribution in [2.45, 2.75) is 114 Å². The molecule has 105 heavy (non-hydrogen) atoms. The number of fused-ring (bicyclic) bond motifs is 4. The minimum Gasteiger partial charge on any atom is -0.461 e. The number of nitro benzene ring substituents is 1. The average molecular weight is 1600 g/mol. The number of nitrogens with zero attached hydrogens (tertiary/aromatic N) is 14. The standard InChI is InChI=1S/C23H28N4O4.C17H15BrClN3O2.C17H14ClFN4O4.C16H15BrN4O2/c1-7-16-12-19(21(28)30-8-2)25-20-13-18(26-27(16)20)17-10-9-15(11-14(17)3)24-22(29)31-23(4,5)6;1-3-11-8-15(17(23)24-4-2)20-16-9-14(21-22(11)16)12-6-5-10(18)7-13(12)19;1-3-9-8-13(17(24)27-4-2)20-16-14(18)15(21-22(9)16)11-6-5-10(23(25)26)7-12(11)19;1-3-11-7-13(16(22)23-4-2)19-15-8-12(20-21(11)15)10-5-6-14(17)18-9-10/h9-13H,7-8H2,1-6H3,(H,24,29);5-9H,3-4H2,1-2H3;5-8H,3-4H2,1-2H3;5-9H,3-4H2,1-2H3. The molecule has 0 fully saturated rings. The predicted molar refractivity (Wildman–Crippen MR) is 399 cm³/mol. The van der Waals surface area contributed by atoms with Crippen molar-refractivity contribution in [3.63, 3.8) is 0 Å². The minimum absolute atomic E-state index is 0.00385. The van der Waals surface area contributed by atoms with E-state index in [4.69, 9.17) is 52.0 Å². The summed E-state index contributed by atoms with van der Waals surface area (Å²) in [5.41, 5.74) is 11.6. The summed E-state index contributed by atoms with van der Waals surface area (Å²) in [5.74, 6) is -2.73. The predicted octanol–water partition coefficient (Wildman–Crippen LogP) is 16.5. The lowest BCUT2D eigenvalue weighted by Crippen LogP contribution is -2.27. The highest BCUT2D eigenvalue weighted by Crippen LogP contribution is 2.35. The zero-order chi connectivity index (χ0) is 76.1. The molecule has 0 aliphatic heterocycles. The van der Waals surface area contributed by atoms with E-state index in [2.05, 4.69) is 77.4 Å². The topological polar surface area (TPSA) is 320 Å². The summed E-state index contributed by atoms with van der Waals surface area (Å²) in [6, 6.07) is 30.3. The summed E-state index contributed by atoms with van der Waals surface area (Å²) in [6.07, 6.45) is 3.86. The van der Waals surface area contributed by atoms with Gasteiger partial charge in [0.25, 0.3) is 5.69 Å². The Hall–Kier alpha value is -10.7. The number of esters is 4. The largest absolute Gasteiger partial charge is 0.461 e.